The van der Waals surface area contributed by atoms with Crippen LogP contribution >= 0.6 is 0 Å². The molecular weight excluding hydrogens is 300 g/mol. The molecule has 0 unspecified atom stereocenters. The predicted octanol–water partition coefficient (Wildman–Crippen LogP) is 3.40. The molecule has 126 valence electrons. The van der Waals surface area contributed by atoms with Crippen LogP contribution in [0.5, 0.6) is 5.75 Å². The second kappa shape index (κ2) is 7.86. The molecule has 0 aliphatic carbocycles. The highest BCUT2D eigenvalue weighted by molar-refractivity contribution is 5.74. The highest BCUT2D eigenvalue weighted by Gasteiger charge is 2.19. The fraction of sp³-hybridized carbons (Fsp3) is 0.350. The van der Waals surface area contributed by atoms with E-state index < -0.39 is 0 Å². The third-order valence-electron chi connectivity index (χ3n) is 4.40. The standard InChI is InChI=1S/C20H24N2O2/c1-2-16-7-9-19(10-8-16)24-14-12-21-20(23)22-13-11-17-5-3-4-6-18(17)15-22/h3-10H,2,11-15H2,1H3,(H,21,23). The number of carbonyl (C=O) groups excluding carboxylic acids is 1. The van der Waals surface area contributed by atoms with Crippen LogP contribution < -0.4 is 10.1 Å². The van der Waals surface area contributed by atoms with E-state index in [1.165, 1.54) is 16.7 Å². The Morgan fingerprint density at radius 2 is 1.88 bits per heavy atom. The van der Waals surface area contributed by atoms with Gasteiger partial charge in [-0.15, -0.1) is 0 Å². The first-order valence-corrected chi connectivity index (χ1v) is 8.57. The third kappa shape index (κ3) is 4.07. The smallest absolute Gasteiger partial charge is 0.317 e. The number of benzene rings is 2. The highest BCUT2D eigenvalue weighted by atomic mass is 16.5. The van der Waals surface area contributed by atoms with Crippen molar-refractivity contribution in [3.63, 3.8) is 0 Å². The molecule has 0 bridgehead atoms. The van der Waals surface area contributed by atoms with Crippen molar-refractivity contribution in [1.82, 2.24) is 10.2 Å². The third-order valence-corrected chi connectivity index (χ3v) is 4.40. The van der Waals surface area contributed by atoms with Gasteiger partial charge in [0.25, 0.3) is 0 Å². The van der Waals surface area contributed by atoms with Crippen molar-refractivity contribution < 1.29 is 9.53 Å². The molecule has 2 amide bonds. The molecule has 4 nitrogen and oxygen atoms in total. The highest BCUT2D eigenvalue weighted by Crippen LogP contribution is 2.18. The van der Waals surface area contributed by atoms with Crippen LogP contribution in [-0.4, -0.2) is 30.6 Å². The number of hydrogen-bond donors (Lipinski definition) is 1. The monoisotopic (exact) mass is 324 g/mol. The Morgan fingerprint density at radius 1 is 1.12 bits per heavy atom. The van der Waals surface area contributed by atoms with E-state index in [1.54, 1.807) is 0 Å². The fourth-order valence-electron chi connectivity index (χ4n) is 2.93. The molecule has 0 spiro atoms. The van der Waals surface area contributed by atoms with E-state index in [9.17, 15) is 4.79 Å². The fourth-order valence-corrected chi connectivity index (χ4v) is 2.93. The molecule has 1 aliphatic rings. The lowest BCUT2D eigenvalue weighted by Gasteiger charge is -2.28. The van der Waals surface area contributed by atoms with E-state index in [-0.39, 0.29) is 6.03 Å². The van der Waals surface area contributed by atoms with Gasteiger partial charge in [-0.1, -0.05) is 43.3 Å². The van der Waals surface area contributed by atoms with Crippen LogP contribution in [0.25, 0.3) is 0 Å². The molecular formula is C20H24N2O2. The first-order chi connectivity index (χ1) is 11.8. The van der Waals surface area contributed by atoms with Crippen molar-refractivity contribution in [2.45, 2.75) is 26.3 Å². The number of urea groups is 1. The summed E-state index contributed by atoms with van der Waals surface area (Å²) in [6.45, 7) is 4.56. The van der Waals surface area contributed by atoms with Gasteiger partial charge in [0.2, 0.25) is 0 Å². The van der Waals surface area contributed by atoms with Crippen LogP contribution in [0.4, 0.5) is 4.79 Å². The first-order valence-electron chi connectivity index (χ1n) is 8.57. The van der Waals surface area contributed by atoms with Gasteiger partial charge in [0.05, 0.1) is 6.54 Å². The summed E-state index contributed by atoms with van der Waals surface area (Å²) in [5.41, 5.74) is 3.88. The summed E-state index contributed by atoms with van der Waals surface area (Å²) < 4.78 is 5.67. The van der Waals surface area contributed by atoms with Crippen LogP contribution in [0.2, 0.25) is 0 Å². The molecule has 2 aromatic carbocycles. The van der Waals surface area contributed by atoms with Crippen LogP contribution in [-0.2, 0) is 19.4 Å². The van der Waals surface area contributed by atoms with Crippen molar-refractivity contribution in [2.75, 3.05) is 19.7 Å². The van der Waals surface area contributed by atoms with Gasteiger partial charge in [0.15, 0.2) is 0 Å². The quantitative estimate of drug-likeness (QED) is 0.857. The van der Waals surface area contributed by atoms with Gasteiger partial charge in [-0.2, -0.15) is 0 Å². The number of rotatable bonds is 5. The van der Waals surface area contributed by atoms with E-state index in [0.29, 0.717) is 19.7 Å². The Bertz CT molecular complexity index is 682. The Balaban J connectivity index is 1.41. The van der Waals surface area contributed by atoms with Crippen LogP contribution in [0.1, 0.15) is 23.6 Å². The molecule has 3 rings (SSSR count). The maximum atomic E-state index is 12.3. The maximum Gasteiger partial charge on any atom is 0.317 e. The van der Waals surface area contributed by atoms with Crippen molar-refractivity contribution in [3.05, 3.63) is 65.2 Å². The van der Waals surface area contributed by atoms with E-state index in [1.807, 2.05) is 23.1 Å². The molecule has 1 heterocycles. The molecule has 0 aromatic heterocycles. The van der Waals surface area contributed by atoms with Gasteiger partial charge in [-0.25, -0.2) is 4.79 Å². The number of nitrogens with one attached hydrogen (secondary N) is 1. The summed E-state index contributed by atoms with van der Waals surface area (Å²) >= 11 is 0. The first kappa shape index (κ1) is 16.4. The van der Waals surface area contributed by atoms with Gasteiger partial charge in [-0.3, -0.25) is 0 Å². The van der Waals surface area contributed by atoms with Crippen molar-refractivity contribution in [1.29, 1.82) is 0 Å². The summed E-state index contributed by atoms with van der Waals surface area (Å²) in [7, 11) is 0. The van der Waals surface area contributed by atoms with Crippen molar-refractivity contribution in [3.8, 4) is 5.75 Å². The number of amides is 2. The minimum Gasteiger partial charge on any atom is -0.492 e. The second-order valence-corrected chi connectivity index (χ2v) is 6.02. The molecule has 0 fully saturated rings. The lowest BCUT2D eigenvalue weighted by Crippen LogP contribution is -2.43. The zero-order valence-corrected chi connectivity index (χ0v) is 14.1. The second-order valence-electron chi connectivity index (χ2n) is 6.02. The van der Waals surface area contributed by atoms with Gasteiger partial charge in [-0.05, 0) is 41.7 Å². The largest absolute Gasteiger partial charge is 0.492 e. The Labute approximate surface area is 143 Å². The molecule has 1 N–H and O–H groups in total. The molecule has 0 saturated heterocycles. The summed E-state index contributed by atoms with van der Waals surface area (Å²) in [6, 6.07) is 16.4. The van der Waals surface area contributed by atoms with Crippen molar-refractivity contribution in [2.24, 2.45) is 0 Å². The molecule has 4 heteroatoms. The average Bonchev–Trinajstić information content (AvgIpc) is 2.65. The summed E-state index contributed by atoms with van der Waals surface area (Å²) in [5.74, 6) is 0.841. The summed E-state index contributed by atoms with van der Waals surface area (Å²) in [6.07, 6.45) is 1.94. The van der Waals surface area contributed by atoms with Crippen molar-refractivity contribution >= 4 is 6.03 Å². The normalized spacial score (nSPS) is 13.3. The molecule has 0 radical (unpaired) electrons. The predicted molar refractivity (Wildman–Crippen MR) is 95.3 cm³/mol. The zero-order chi connectivity index (χ0) is 16.8. The SMILES string of the molecule is CCc1ccc(OCCNC(=O)N2CCc3ccccc3C2)cc1. The van der Waals surface area contributed by atoms with Crippen LogP contribution in [0.3, 0.4) is 0 Å². The molecule has 0 atom stereocenters. The summed E-state index contributed by atoms with van der Waals surface area (Å²) in [5, 5.41) is 2.94. The number of fused-ring (bicyclic) bond motifs is 1. The number of aryl methyl sites for hydroxylation is 1. The maximum absolute atomic E-state index is 12.3. The lowest BCUT2D eigenvalue weighted by molar-refractivity contribution is 0.189. The number of hydrogen-bond acceptors (Lipinski definition) is 2. The molecule has 2 aromatic rings. The van der Waals surface area contributed by atoms with E-state index >= 15 is 0 Å². The van der Waals surface area contributed by atoms with E-state index in [4.69, 9.17) is 4.74 Å². The van der Waals surface area contributed by atoms with E-state index in [0.717, 1.165) is 25.1 Å². The van der Waals surface area contributed by atoms with Gasteiger partial charge < -0.3 is 15.0 Å². The van der Waals surface area contributed by atoms with Crippen LogP contribution in [0.15, 0.2) is 48.5 Å². The molecule has 24 heavy (non-hydrogen) atoms. The minimum atomic E-state index is -0.0190. The number of nitrogens with zero attached hydrogens (tertiary/aromatic N) is 1. The Morgan fingerprint density at radius 3 is 2.62 bits per heavy atom. The van der Waals surface area contributed by atoms with E-state index in [2.05, 4.69) is 42.6 Å². The minimum absolute atomic E-state index is 0.0190. The zero-order valence-electron chi connectivity index (χ0n) is 14.1. The van der Waals surface area contributed by atoms with Gasteiger partial charge in [0, 0.05) is 13.1 Å². The molecule has 0 saturated carbocycles. The van der Waals surface area contributed by atoms with Crippen LogP contribution in [0, 0.1) is 0 Å². The van der Waals surface area contributed by atoms with Gasteiger partial charge in [0.1, 0.15) is 12.4 Å². The molecule has 1 aliphatic heterocycles. The number of carbonyl (C=O) groups is 1. The lowest BCUT2D eigenvalue weighted by atomic mass is 10.0. The number of ether oxygens (including phenoxy) is 1. The Kier molecular flexibility index (Phi) is 5.36. The summed E-state index contributed by atoms with van der Waals surface area (Å²) in [4.78, 5) is 14.1. The van der Waals surface area contributed by atoms with Gasteiger partial charge >= 0.3 is 6.03 Å². The Hall–Kier alpha value is -2.49. The topological polar surface area (TPSA) is 41.6 Å². The average molecular weight is 324 g/mol.